The van der Waals surface area contributed by atoms with Crippen LogP contribution in [0.2, 0.25) is 0 Å². The summed E-state index contributed by atoms with van der Waals surface area (Å²) in [6.45, 7) is 0.516. The SMILES string of the molecule is O=C([O-])CCc1ccccc1-c1csc(-c2ccccc2OCc2ccccc2)c1.[Na+]. The maximum Gasteiger partial charge on any atom is 1.00 e. The minimum absolute atomic E-state index is 0. The van der Waals surface area contributed by atoms with Crippen LogP contribution >= 0.6 is 11.3 Å². The number of rotatable bonds is 8. The Morgan fingerprint density at radius 1 is 0.871 bits per heavy atom. The monoisotopic (exact) mass is 436 g/mol. The van der Waals surface area contributed by atoms with Crippen molar-refractivity contribution in [3.63, 3.8) is 0 Å². The van der Waals surface area contributed by atoms with E-state index in [1.54, 1.807) is 11.3 Å². The van der Waals surface area contributed by atoms with E-state index in [1.165, 1.54) is 0 Å². The van der Waals surface area contributed by atoms with Gasteiger partial charge in [0.1, 0.15) is 12.4 Å². The first-order valence-corrected chi connectivity index (χ1v) is 10.7. The molecule has 5 heteroatoms. The van der Waals surface area contributed by atoms with E-state index in [1.807, 2.05) is 60.7 Å². The van der Waals surface area contributed by atoms with Gasteiger partial charge in [0, 0.05) is 16.4 Å². The van der Waals surface area contributed by atoms with Crippen LogP contribution in [0, 0.1) is 0 Å². The van der Waals surface area contributed by atoms with Gasteiger partial charge in [-0.2, -0.15) is 0 Å². The molecule has 1 aromatic heterocycles. The molecule has 0 aliphatic rings. The van der Waals surface area contributed by atoms with Gasteiger partial charge in [-0.1, -0.05) is 66.7 Å². The largest absolute Gasteiger partial charge is 1.00 e. The van der Waals surface area contributed by atoms with Gasteiger partial charge in [0.05, 0.1) is 0 Å². The molecule has 150 valence electrons. The van der Waals surface area contributed by atoms with Crippen LogP contribution in [0.15, 0.2) is 90.3 Å². The van der Waals surface area contributed by atoms with Gasteiger partial charge < -0.3 is 14.6 Å². The minimum Gasteiger partial charge on any atom is -0.550 e. The number of hydrogen-bond acceptors (Lipinski definition) is 4. The summed E-state index contributed by atoms with van der Waals surface area (Å²) in [5.41, 5.74) is 5.34. The number of carboxylic acids is 1. The first kappa shape index (κ1) is 23.3. The number of para-hydroxylation sites is 1. The van der Waals surface area contributed by atoms with Gasteiger partial charge in [-0.3, -0.25) is 0 Å². The molecule has 0 spiro atoms. The molecule has 0 saturated heterocycles. The van der Waals surface area contributed by atoms with Crippen LogP contribution in [0.5, 0.6) is 5.75 Å². The van der Waals surface area contributed by atoms with Crippen molar-refractivity contribution in [3.8, 4) is 27.3 Å². The Morgan fingerprint density at radius 2 is 1.55 bits per heavy atom. The van der Waals surface area contributed by atoms with Gasteiger partial charge in [0.2, 0.25) is 0 Å². The van der Waals surface area contributed by atoms with Crippen molar-refractivity contribution in [1.82, 2.24) is 0 Å². The van der Waals surface area contributed by atoms with Gasteiger partial charge >= 0.3 is 29.6 Å². The van der Waals surface area contributed by atoms with Crippen LogP contribution in [-0.4, -0.2) is 5.97 Å². The fourth-order valence-corrected chi connectivity index (χ4v) is 4.35. The summed E-state index contributed by atoms with van der Waals surface area (Å²) < 4.78 is 6.12. The molecule has 0 fully saturated rings. The van der Waals surface area contributed by atoms with E-state index in [9.17, 15) is 9.90 Å². The molecule has 31 heavy (non-hydrogen) atoms. The predicted molar refractivity (Wildman–Crippen MR) is 119 cm³/mol. The summed E-state index contributed by atoms with van der Waals surface area (Å²) >= 11 is 1.66. The van der Waals surface area contributed by atoms with Gasteiger partial charge in [0.15, 0.2) is 0 Å². The van der Waals surface area contributed by atoms with E-state index in [0.29, 0.717) is 13.0 Å². The van der Waals surface area contributed by atoms with E-state index in [2.05, 4.69) is 29.6 Å². The zero-order valence-electron chi connectivity index (χ0n) is 17.4. The number of carboxylic acid groups (broad SMARTS) is 1. The molecule has 4 rings (SSSR count). The van der Waals surface area contributed by atoms with Crippen molar-refractivity contribution >= 4 is 17.3 Å². The molecule has 0 amide bonds. The first-order chi connectivity index (χ1) is 14.7. The number of hydrogen-bond donors (Lipinski definition) is 0. The molecule has 0 unspecified atom stereocenters. The Bertz CT molecular complexity index is 1140. The van der Waals surface area contributed by atoms with Crippen LogP contribution in [-0.2, 0) is 17.8 Å². The Balaban J connectivity index is 0.00000272. The third kappa shape index (κ3) is 6.08. The van der Waals surface area contributed by atoms with Crippen molar-refractivity contribution in [2.45, 2.75) is 19.4 Å². The topological polar surface area (TPSA) is 49.4 Å². The van der Waals surface area contributed by atoms with Crippen LogP contribution in [0.3, 0.4) is 0 Å². The third-order valence-electron chi connectivity index (χ3n) is 4.92. The van der Waals surface area contributed by atoms with Crippen molar-refractivity contribution in [1.29, 1.82) is 0 Å². The van der Waals surface area contributed by atoms with Crippen LogP contribution in [0.25, 0.3) is 21.6 Å². The Labute approximate surface area is 208 Å². The fraction of sp³-hybridized carbons (Fsp3) is 0.115. The van der Waals surface area contributed by atoms with Gasteiger partial charge in [-0.25, -0.2) is 0 Å². The fourth-order valence-electron chi connectivity index (χ4n) is 3.41. The van der Waals surface area contributed by atoms with Crippen molar-refractivity contribution in [3.05, 3.63) is 101 Å². The van der Waals surface area contributed by atoms with Gasteiger partial charge in [0.25, 0.3) is 0 Å². The number of ether oxygens (including phenoxy) is 1. The van der Waals surface area contributed by atoms with E-state index in [0.717, 1.165) is 38.4 Å². The summed E-state index contributed by atoms with van der Waals surface area (Å²) in [6, 6.07) is 28.2. The molecule has 0 bridgehead atoms. The molecule has 0 aliphatic carbocycles. The number of aliphatic carboxylic acids is 1. The second-order valence-corrected chi connectivity index (χ2v) is 7.91. The maximum absolute atomic E-state index is 10.9. The smallest absolute Gasteiger partial charge is 0.550 e. The number of carbonyl (C=O) groups excluding carboxylic acids is 1. The quantitative estimate of drug-likeness (QED) is 0.399. The predicted octanol–water partition coefficient (Wildman–Crippen LogP) is 2.35. The summed E-state index contributed by atoms with van der Waals surface area (Å²) in [6.07, 6.45) is 0.477. The molecule has 3 nitrogen and oxygen atoms in total. The third-order valence-corrected chi connectivity index (χ3v) is 5.88. The van der Waals surface area contributed by atoms with Crippen molar-refractivity contribution < 1.29 is 44.2 Å². The second kappa shape index (κ2) is 11.3. The zero-order chi connectivity index (χ0) is 20.8. The molecular formula is C26H21NaO3S. The average Bonchev–Trinajstić information content (AvgIpc) is 3.27. The van der Waals surface area contributed by atoms with E-state index in [4.69, 9.17) is 4.74 Å². The Hall–Kier alpha value is -2.37. The molecule has 0 N–H and O–H groups in total. The molecule has 4 aromatic rings. The van der Waals surface area contributed by atoms with Crippen molar-refractivity contribution in [2.75, 3.05) is 0 Å². The minimum atomic E-state index is -1.03. The molecule has 0 radical (unpaired) electrons. The van der Waals surface area contributed by atoms with Gasteiger partial charge in [-0.05, 0) is 58.7 Å². The van der Waals surface area contributed by atoms with E-state index < -0.39 is 5.97 Å². The zero-order valence-corrected chi connectivity index (χ0v) is 20.2. The summed E-state index contributed by atoms with van der Waals surface area (Å²) in [7, 11) is 0. The summed E-state index contributed by atoms with van der Waals surface area (Å²) in [5.74, 6) is -0.180. The number of aryl methyl sites for hydroxylation is 1. The Kier molecular flexibility index (Phi) is 8.50. The molecular weight excluding hydrogens is 415 g/mol. The van der Waals surface area contributed by atoms with Crippen molar-refractivity contribution in [2.24, 2.45) is 0 Å². The van der Waals surface area contributed by atoms with Crippen LogP contribution in [0.1, 0.15) is 17.5 Å². The average molecular weight is 437 g/mol. The second-order valence-electron chi connectivity index (χ2n) is 7.00. The van der Waals surface area contributed by atoms with Gasteiger partial charge in [-0.15, -0.1) is 11.3 Å². The Morgan fingerprint density at radius 3 is 2.32 bits per heavy atom. The molecule has 0 saturated carbocycles. The summed E-state index contributed by atoms with van der Waals surface area (Å²) in [4.78, 5) is 12.0. The molecule has 0 atom stereocenters. The molecule has 1 heterocycles. The normalized spacial score (nSPS) is 10.3. The van der Waals surface area contributed by atoms with E-state index >= 15 is 0 Å². The van der Waals surface area contributed by atoms with Crippen LogP contribution in [0.4, 0.5) is 0 Å². The number of carbonyl (C=O) groups is 1. The standard InChI is InChI=1S/C26H22O3S.Na/c27-26(28)15-14-20-10-4-5-11-22(20)21-16-25(30-18-21)23-12-6-7-13-24(23)29-17-19-8-2-1-3-9-19;/h1-13,16,18H,14-15,17H2,(H,27,28);/q;+1/p-1. The van der Waals surface area contributed by atoms with E-state index in [-0.39, 0.29) is 36.0 Å². The van der Waals surface area contributed by atoms with Crippen LogP contribution < -0.4 is 39.4 Å². The number of benzene rings is 3. The number of thiophene rings is 1. The maximum atomic E-state index is 10.9. The summed E-state index contributed by atoms with van der Waals surface area (Å²) in [5, 5.41) is 13.0. The first-order valence-electron chi connectivity index (χ1n) is 9.83. The molecule has 3 aromatic carbocycles. The molecule has 0 aliphatic heterocycles.